The van der Waals surface area contributed by atoms with Crippen molar-refractivity contribution in [2.45, 2.75) is 13.0 Å². The van der Waals surface area contributed by atoms with Crippen LogP contribution in [0.5, 0.6) is 0 Å². The molecule has 0 saturated carbocycles. The van der Waals surface area contributed by atoms with Crippen molar-refractivity contribution in [3.8, 4) is 22.9 Å². The number of hydrogen-bond donors (Lipinski definition) is 1. The van der Waals surface area contributed by atoms with Crippen LogP contribution in [0.1, 0.15) is 17.7 Å². The van der Waals surface area contributed by atoms with Crippen molar-refractivity contribution >= 4 is 12.4 Å². The summed E-state index contributed by atoms with van der Waals surface area (Å²) < 4.78 is 10.8. The number of piperazine rings is 1. The Morgan fingerprint density at radius 1 is 1.08 bits per heavy atom. The minimum atomic E-state index is 0. The monoisotopic (exact) mass is 362 g/mol. The highest BCUT2D eigenvalue weighted by Crippen LogP contribution is 2.31. The van der Waals surface area contributed by atoms with E-state index in [-0.39, 0.29) is 18.4 Å². The fourth-order valence-corrected chi connectivity index (χ4v) is 2.84. The molecule has 0 aliphatic carbocycles. The van der Waals surface area contributed by atoms with Gasteiger partial charge in [-0.3, -0.25) is 4.90 Å². The summed E-state index contributed by atoms with van der Waals surface area (Å²) in [6.45, 7) is 4.51. The van der Waals surface area contributed by atoms with Gasteiger partial charge in [0.05, 0.1) is 17.2 Å². The highest BCUT2D eigenvalue weighted by Gasteiger charge is 2.26. The number of benzene rings is 1. The first-order valence-electron chi connectivity index (χ1n) is 7.87. The Morgan fingerprint density at radius 3 is 2.40 bits per heavy atom. The molecule has 3 aromatic rings. The van der Waals surface area contributed by atoms with Crippen LogP contribution in [0.3, 0.4) is 0 Å². The Labute approximate surface area is 151 Å². The molecule has 1 saturated heterocycles. The molecule has 1 aromatic carbocycles. The first-order valence-corrected chi connectivity index (χ1v) is 7.87. The molecule has 0 spiro atoms. The van der Waals surface area contributed by atoms with E-state index in [1.165, 1.54) is 0 Å². The summed E-state index contributed by atoms with van der Waals surface area (Å²) in [6.07, 6.45) is 0. The summed E-state index contributed by atoms with van der Waals surface area (Å²) in [7, 11) is 2.07. The molecule has 0 bridgehead atoms. The van der Waals surface area contributed by atoms with Crippen LogP contribution in [-0.4, -0.2) is 51.9 Å². The lowest BCUT2D eigenvalue weighted by Gasteiger charge is -2.30. The summed E-state index contributed by atoms with van der Waals surface area (Å²) in [5.41, 5.74) is 1.56. The molecule has 2 aromatic heterocycles. The average Bonchev–Trinajstić information content (AvgIpc) is 3.24. The van der Waals surface area contributed by atoms with E-state index in [9.17, 15) is 0 Å². The second-order valence-electron chi connectivity index (χ2n) is 5.85. The maximum absolute atomic E-state index is 5.52. The highest BCUT2D eigenvalue weighted by molar-refractivity contribution is 5.85. The van der Waals surface area contributed by atoms with Gasteiger partial charge in [-0.15, -0.1) is 12.4 Å². The molecule has 1 fully saturated rings. The van der Waals surface area contributed by atoms with Crippen LogP contribution in [0.15, 0.2) is 33.3 Å². The van der Waals surface area contributed by atoms with E-state index in [2.05, 4.69) is 37.5 Å². The lowest BCUT2D eigenvalue weighted by Crippen LogP contribution is -2.44. The van der Waals surface area contributed by atoms with Crippen molar-refractivity contribution in [2.24, 2.45) is 0 Å². The Balaban J connectivity index is 0.00000182. The summed E-state index contributed by atoms with van der Waals surface area (Å²) in [5, 5.41) is 11.4. The van der Waals surface area contributed by atoms with Gasteiger partial charge in [-0.1, -0.05) is 22.4 Å². The van der Waals surface area contributed by atoms with Crippen molar-refractivity contribution in [1.82, 2.24) is 30.5 Å². The molecule has 1 aliphatic rings. The molecule has 1 atom stereocenters. The van der Waals surface area contributed by atoms with Crippen molar-refractivity contribution in [2.75, 3.05) is 26.7 Å². The van der Waals surface area contributed by atoms with Crippen molar-refractivity contribution < 1.29 is 9.05 Å². The normalized spacial score (nSPS) is 18.1. The van der Waals surface area contributed by atoms with Crippen LogP contribution < -0.4 is 5.32 Å². The van der Waals surface area contributed by atoms with Gasteiger partial charge < -0.3 is 14.4 Å². The van der Waals surface area contributed by atoms with Gasteiger partial charge in [0.2, 0.25) is 0 Å². The molecular formula is C16H19ClN6O2. The van der Waals surface area contributed by atoms with Gasteiger partial charge in [0, 0.05) is 19.6 Å². The summed E-state index contributed by atoms with van der Waals surface area (Å²) >= 11 is 0. The molecule has 9 heteroatoms. The third-order valence-corrected chi connectivity index (χ3v) is 4.17. The second kappa shape index (κ2) is 7.30. The summed E-state index contributed by atoms with van der Waals surface area (Å²) in [6, 6.07) is 7.75. The first-order chi connectivity index (χ1) is 11.7. The number of aromatic nitrogens is 4. The zero-order chi connectivity index (χ0) is 16.5. The van der Waals surface area contributed by atoms with E-state index < -0.39 is 0 Å². The molecule has 0 radical (unpaired) electrons. The lowest BCUT2D eigenvalue weighted by molar-refractivity contribution is 0.190. The smallest absolute Gasteiger partial charge is 0.258 e. The van der Waals surface area contributed by atoms with E-state index in [0.29, 0.717) is 23.4 Å². The highest BCUT2D eigenvalue weighted by atomic mass is 35.5. The van der Waals surface area contributed by atoms with E-state index in [1.54, 1.807) is 6.92 Å². The van der Waals surface area contributed by atoms with E-state index in [1.807, 2.05) is 24.3 Å². The number of aryl methyl sites for hydroxylation is 1. The topological polar surface area (TPSA) is 93.1 Å². The molecule has 1 aliphatic heterocycles. The fraction of sp³-hybridized carbons (Fsp3) is 0.375. The van der Waals surface area contributed by atoms with Crippen LogP contribution in [0.2, 0.25) is 0 Å². The zero-order valence-electron chi connectivity index (χ0n) is 14.0. The summed E-state index contributed by atoms with van der Waals surface area (Å²) in [4.78, 5) is 11.1. The minimum Gasteiger partial charge on any atom is -0.334 e. The molecule has 25 heavy (non-hydrogen) atoms. The molecule has 0 amide bonds. The minimum absolute atomic E-state index is 0. The second-order valence-corrected chi connectivity index (χ2v) is 5.85. The lowest BCUT2D eigenvalue weighted by atomic mass is 10.1. The van der Waals surface area contributed by atoms with Crippen LogP contribution >= 0.6 is 12.4 Å². The van der Waals surface area contributed by atoms with Gasteiger partial charge >= 0.3 is 0 Å². The molecule has 1 N–H and O–H groups in total. The largest absolute Gasteiger partial charge is 0.334 e. The van der Waals surface area contributed by atoms with Crippen LogP contribution in [-0.2, 0) is 0 Å². The van der Waals surface area contributed by atoms with Gasteiger partial charge in [-0.2, -0.15) is 9.97 Å². The summed E-state index contributed by atoms with van der Waals surface area (Å²) in [5.74, 6) is 2.16. The van der Waals surface area contributed by atoms with Crippen LogP contribution in [0, 0.1) is 6.92 Å². The van der Waals surface area contributed by atoms with E-state index in [4.69, 9.17) is 9.05 Å². The number of halogens is 1. The number of likely N-dealkylation sites (N-methyl/N-ethyl adjacent to an activating group) is 1. The van der Waals surface area contributed by atoms with Gasteiger partial charge in [-0.05, 0) is 26.1 Å². The van der Waals surface area contributed by atoms with Crippen LogP contribution in [0.4, 0.5) is 0 Å². The molecule has 4 rings (SSSR count). The van der Waals surface area contributed by atoms with Gasteiger partial charge in [-0.25, -0.2) is 0 Å². The third kappa shape index (κ3) is 3.41. The predicted octanol–water partition coefficient (Wildman–Crippen LogP) is 2.09. The standard InChI is InChI=1S/C16H18N6O2.ClH/c1-10-18-15(23-20-10)11-5-3-4-6-12(11)16-19-14(21-24-16)13-9-17-7-8-22(13)2;/h3-6,13,17H,7-9H2,1-2H3;1H. The maximum atomic E-state index is 5.52. The third-order valence-electron chi connectivity index (χ3n) is 4.17. The number of nitrogens with zero attached hydrogens (tertiary/aromatic N) is 5. The molecule has 132 valence electrons. The van der Waals surface area contributed by atoms with Crippen molar-refractivity contribution in [3.05, 3.63) is 35.9 Å². The van der Waals surface area contributed by atoms with Crippen molar-refractivity contribution in [1.29, 1.82) is 0 Å². The number of hydrogen-bond acceptors (Lipinski definition) is 8. The SMILES string of the molecule is Cc1noc(-c2ccccc2-c2nc(C3CNCCN3C)no2)n1.Cl. The van der Waals surface area contributed by atoms with E-state index in [0.717, 1.165) is 30.8 Å². The predicted molar refractivity (Wildman–Crippen MR) is 93.3 cm³/mol. The van der Waals surface area contributed by atoms with Crippen molar-refractivity contribution in [3.63, 3.8) is 0 Å². The quantitative estimate of drug-likeness (QED) is 0.757. The zero-order valence-corrected chi connectivity index (χ0v) is 14.8. The van der Waals surface area contributed by atoms with Gasteiger partial charge in [0.1, 0.15) is 0 Å². The molecule has 1 unspecified atom stereocenters. The molecule has 8 nitrogen and oxygen atoms in total. The Kier molecular flexibility index (Phi) is 5.12. The average molecular weight is 363 g/mol. The van der Waals surface area contributed by atoms with E-state index >= 15 is 0 Å². The molecule has 3 heterocycles. The first kappa shape index (κ1) is 17.5. The Morgan fingerprint density at radius 2 is 1.76 bits per heavy atom. The Hall–Kier alpha value is -2.29. The maximum Gasteiger partial charge on any atom is 0.258 e. The Bertz CT molecular complexity index is 849. The van der Waals surface area contributed by atoms with Crippen LogP contribution in [0.25, 0.3) is 22.9 Å². The number of rotatable bonds is 3. The van der Waals surface area contributed by atoms with Gasteiger partial charge in [0.15, 0.2) is 11.6 Å². The van der Waals surface area contributed by atoms with Gasteiger partial charge in [0.25, 0.3) is 11.8 Å². The fourth-order valence-electron chi connectivity index (χ4n) is 2.84. The molecular weight excluding hydrogens is 344 g/mol. The number of nitrogens with one attached hydrogen (secondary N) is 1.